The maximum atomic E-state index is 5.45. The second-order valence-electron chi connectivity index (χ2n) is 6.13. The largest absolute Gasteiger partial charge is 0.501 e. The molecule has 0 saturated carbocycles. The molecule has 2 nitrogen and oxygen atoms in total. The predicted octanol–water partition coefficient (Wildman–Crippen LogP) is 5.19. The first kappa shape index (κ1) is 17.6. The molecule has 0 aromatic carbocycles. The highest BCUT2D eigenvalue weighted by molar-refractivity contribution is 5.09. The maximum absolute atomic E-state index is 5.45. The molecule has 1 N–H and O–H groups in total. The van der Waals surface area contributed by atoms with Crippen molar-refractivity contribution in [1.82, 2.24) is 5.32 Å². The molecule has 0 aromatic rings. The van der Waals surface area contributed by atoms with E-state index in [9.17, 15) is 0 Å². The molecule has 2 heteroatoms. The molecule has 0 radical (unpaired) electrons. The summed E-state index contributed by atoms with van der Waals surface area (Å²) in [4.78, 5) is 0. The lowest BCUT2D eigenvalue weighted by atomic mass is 9.96. The average molecular weight is 281 g/mol. The molecule has 0 bridgehead atoms. The summed E-state index contributed by atoms with van der Waals surface area (Å²) < 4.78 is 5.45. The zero-order chi connectivity index (χ0) is 14.5. The molecule has 1 rings (SSSR count). The molecule has 0 aliphatic carbocycles. The fraction of sp³-hybridized carbons (Fsp3) is 0.889. The van der Waals surface area contributed by atoms with E-state index in [1.807, 2.05) is 6.26 Å². The number of hydrogen-bond acceptors (Lipinski definition) is 2. The van der Waals surface area contributed by atoms with E-state index in [-0.39, 0.29) is 0 Å². The third-order valence-electron chi connectivity index (χ3n) is 4.35. The number of rotatable bonds is 12. The van der Waals surface area contributed by atoms with Gasteiger partial charge in [-0.2, -0.15) is 0 Å². The highest BCUT2D eigenvalue weighted by Gasteiger charge is 2.14. The summed E-state index contributed by atoms with van der Waals surface area (Å²) in [6.07, 6.45) is 18.3. The Morgan fingerprint density at radius 2 is 1.70 bits per heavy atom. The molecule has 1 aliphatic rings. The highest BCUT2D eigenvalue weighted by Crippen LogP contribution is 2.20. The number of likely N-dealkylation sites (N-methyl/N-ethyl adjacent to an activating group) is 1. The number of unbranched alkanes of at least 4 members (excludes halogenated alkanes) is 8. The first-order chi connectivity index (χ1) is 9.88. The lowest BCUT2D eigenvalue weighted by molar-refractivity contribution is 0.219. The van der Waals surface area contributed by atoms with Crippen molar-refractivity contribution < 1.29 is 4.74 Å². The van der Waals surface area contributed by atoms with E-state index in [2.05, 4.69) is 19.3 Å². The van der Waals surface area contributed by atoms with Gasteiger partial charge in [0.1, 0.15) is 0 Å². The van der Waals surface area contributed by atoms with E-state index in [4.69, 9.17) is 4.74 Å². The van der Waals surface area contributed by atoms with Crippen molar-refractivity contribution >= 4 is 0 Å². The first-order valence-electron chi connectivity index (χ1n) is 8.86. The lowest BCUT2D eigenvalue weighted by Crippen LogP contribution is -2.28. The number of hydrogen-bond donors (Lipinski definition) is 1. The predicted molar refractivity (Wildman–Crippen MR) is 88.0 cm³/mol. The van der Waals surface area contributed by atoms with Gasteiger partial charge in [0.25, 0.3) is 0 Å². The van der Waals surface area contributed by atoms with Gasteiger partial charge in [0.05, 0.1) is 12.9 Å². The van der Waals surface area contributed by atoms with Gasteiger partial charge in [-0.05, 0) is 31.9 Å². The second kappa shape index (κ2) is 12.3. The van der Waals surface area contributed by atoms with Crippen LogP contribution in [-0.4, -0.2) is 19.7 Å². The molecule has 1 heterocycles. The van der Waals surface area contributed by atoms with Crippen molar-refractivity contribution in [3.63, 3.8) is 0 Å². The Labute approximate surface area is 126 Å². The first-order valence-corrected chi connectivity index (χ1v) is 8.86. The number of nitrogens with one attached hydrogen (secondary N) is 1. The van der Waals surface area contributed by atoms with Crippen LogP contribution in [0.25, 0.3) is 0 Å². The van der Waals surface area contributed by atoms with Gasteiger partial charge in [-0.1, -0.05) is 64.7 Å². The van der Waals surface area contributed by atoms with Gasteiger partial charge in [0.2, 0.25) is 0 Å². The summed E-state index contributed by atoms with van der Waals surface area (Å²) in [7, 11) is 2.08. The SMILES string of the molecule is CCCCCCCCCCCC(NC)C1=COCCC1. The molecule has 0 saturated heterocycles. The van der Waals surface area contributed by atoms with Crippen LogP contribution in [-0.2, 0) is 4.74 Å². The Morgan fingerprint density at radius 1 is 1.05 bits per heavy atom. The van der Waals surface area contributed by atoms with Crippen molar-refractivity contribution in [1.29, 1.82) is 0 Å². The van der Waals surface area contributed by atoms with Crippen molar-refractivity contribution in [2.75, 3.05) is 13.7 Å². The summed E-state index contributed by atoms with van der Waals surface area (Å²) >= 11 is 0. The molecular formula is C18H35NO. The van der Waals surface area contributed by atoms with Gasteiger partial charge in [-0.25, -0.2) is 0 Å². The van der Waals surface area contributed by atoms with E-state index in [0.29, 0.717) is 6.04 Å². The maximum Gasteiger partial charge on any atom is 0.0876 e. The zero-order valence-corrected chi connectivity index (χ0v) is 13.8. The van der Waals surface area contributed by atoms with Crippen LogP contribution >= 0.6 is 0 Å². The Balaban J connectivity index is 1.97. The Kier molecular flexibility index (Phi) is 10.8. The second-order valence-corrected chi connectivity index (χ2v) is 6.13. The minimum atomic E-state index is 0.542. The Bertz CT molecular complexity index is 250. The Hall–Kier alpha value is -0.500. The highest BCUT2D eigenvalue weighted by atomic mass is 16.5. The summed E-state index contributed by atoms with van der Waals surface area (Å²) in [5.74, 6) is 0. The molecule has 0 spiro atoms. The van der Waals surface area contributed by atoms with E-state index >= 15 is 0 Å². The van der Waals surface area contributed by atoms with Crippen LogP contribution in [0.2, 0.25) is 0 Å². The minimum absolute atomic E-state index is 0.542. The quantitative estimate of drug-likeness (QED) is 0.497. The van der Waals surface area contributed by atoms with Gasteiger partial charge in [-0.15, -0.1) is 0 Å². The van der Waals surface area contributed by atoms with Crippen LogP contribution in [0.5, 0.6) is 0 Å². The standard InChI is InChI=1S/C18H35NO/c1-3-4-5-6-7-8-9-10-11-14-18(19-2)17-13-12-15-20-16-17/h16,18-19H,3-15H2,1-2H3. The normalized spacial score (nSPS) is 16.6. The molecule has 118 valence electrons. The van der Waals surface area contributed by atoms with Gasteiger partial charge in [-0.3, -0.25) is 0 Å². The topological polar surface area (TPSA) is 21.3 Å². The van der Waals surface area contributed by atoms with Gasteiger partial charge in [0.15, 0.2) is 0 Å². The lowest BCUT2D eigenvalue weighted by Gasteiger charge is -2.22. The molecule has 1 aliphatic heterocycles. The molecule has 0 fully saturated rings. The zero-order valence-electron chi connectivity index (χ0n) is 13.8. The average Bonchev–Trinajstić information content (AvgIpc) is 2.50. The van der Waals surface area contributed by atoms with Crippen molar-refractivity contribution in [2.45, 2.75) is 90.0 Å². The molecule has 0 amide bonds. The van der Waals surface area contributed by atoms with Gasteiger partial charge in [0, 0.05) is 6.04 Å². The van der Waals surface area contributed by atoms with Gasteiger partial charge < -0.3 is 10.1 Å². The molecule has 0 aromatic heterocycles. The smallest absolute Gasteiger partial charge is 0.0876 e. The van der Waals surface area contributed by atoms with Crippen molar-refractivity contribution in [3.05, 3.63) is 11.8 Å². The monoisotopic (exact) mass is 281 g/mol. The third kappa shape index (κ3) is 7.94. The van der Waals surface area contributed by atoms with Crippen molar-refractivity contribution in [3.8, 4) is 0 Å². The van der Waals surface area contributed by atoms with Gasteiger partial charge >= 0.3 is 0 Å². The van der Waals surface area contributed by atoms with Crippen LogP contribution in [0.1, 0.15) is 84.0 Å². The van der Waals surface area contributed by atoms with Crippen LogP contribution in [0.4, 0.5) is 0 Å². The van der Waals surface area contributed by atoms with E-state index < -0.39 is 0 Å². The van der Waals surface area contributed by atoms with Crippen LogP contribution in [0.15, 0.2) is 11.8 Å². The van der Waals surface area contributed by atoms with Crippen LogP contribution in [0, 0.1) is 0 Å². The summed E-state index contributed by atoms with van der Waals surface area (Å²) in [6, 6.07) is 0.542. The van der Waals surface area contributed by atoms with E-state index in [1.165, 1.54) is 82.6 Å². The van der Waals surface area contributed by atoms with E-state index in [0.717, 1.165) is 6.61 Å². The third-order valence-corrected chi connectivity index (χ3v) is 4.35. The van der Waals surface area contributed by atoms with E-state index in [1.54, 1.807) is 0 Å². The van der Waals surface area contributed by atoms with Crippen LogP contribution < -0.4 is 5.32 Å². The summed E-state index contributed by atoms with van der Waals surface area (Å²) in [5, 5.41) is 3.45. The number of ether oxygens (including phenoxy) is 1. The fourth-order valence-electron chi connectivity index (χ4n) is 3.02. The minimum Gasteiger partial charge on any atom is -0.501 e. The Morgan fingerprint density at radius 3 is 2.25 bits per heavy atom. The molecule has 1 unspecified atom stereocenters. The summed E-state index contributed by atoms with van der Waals surface area (Å²) in [6.45, 7) is 3.18. The molecule has 1 atom stereocenters. The summed E-state index contributed by atoms with van der Waals surface area (Å²) in [5.41, 5.74) is 1.47. The molecule has 20 heavy (non-hydrogen) atoms. The van der Waals surface area contributed by atoms with Crippen molar-refractivity contribution in [2.24, 2.45) is 0 Å². The van der Waals surface area contributed by atoms with Crippen LogP contribution in [0.3, 0.4) is 0 Å². The molecular weight excluding hydrogens is 246 g/mol. The fourth-order valence-corrected chi connectivity index (χ4v) is 3.02.